The van der Waals surface area contributed by atoms with Crippen molar-refractivity contribution in [1.29, 1.82) is 0 Å². The summed E-state index contributed by atoms with van der Waals surface area (Å²) in [4.78, 5) is 23.7. The lowest BCUT2D eigenvalue weighted by Crippen LogP contribution is -2.34. The molecule has 2 fully saturated rings. The Kier molecular flexibility index (Phi) is 7.71. The van der Waals surface area contributed by atoms with Gasteiger partial charge in [-0.2, -0.15) is 0 Å². The van der Waals surface area contributed by atoms with Gasteiger partial charge in [0, 0.05) is 34.8 Å². The SMILES string of the molecule is O=C(O)c1ccc2nc(CN3CCC(c4cccc(OCc5ccc(Cl)cc5F)n4)CC3)n(CC3CCC3)c2c1. The first-order chi connectivity index (χ1) is 19.4. The molecule has 1 saturated carbocycles. The number of likely N-dealkylation sites (tertiary alicyclic amines) is 1. The minimum absolute atomic E-state index is 0.0910. The highest BCUT2D eigenvalue weighted by molar-refractivity contribution is 6.30. The first kappa shape index (κ1) is 26.7. The molecule has 1 aliphatic heterocycles. The van der Waals surface area contributed by atoms with E-state index in [1.54, 1.807) is 30.3 Å². The van der Waals surface area contributed by atoms with Crippen LogP contribution in [0.15, 0.2) is 54.6 Å². The number of rotatable bonds is 9. The number of aromatic nitrogens is 3. The summed E-state index contributed by atoms with van der Waals surface area (Å²) in [6.07, 6.45) is 5.63. The molecule has 6 rings (SSSR count). The number of aromatic carboxylic acids is 1. The molecule has 208 valence electrons. The Bertz CT molecular complexity index is 1530. The van der Waals surface area contributed by atoms with Crippen molar-refractivity contribution in [3.05, 3.63) is 88.1 Å². The number of ether oxygens (including phenoxy) is 1. The number of piperidine rings is 1. The summed E-state index contributed by atoms with van der Waals surface area (Å²) in [6.45, 7) is 3.55. The van der Waals surface area contributed by atoms with Crippen molar-refractivity contribution in [2.45, 2.75) is 57.7 Å². The van der Waals surface area contributed by atoms with Crippen LogP contribution in [0.25, 0.3) is 11.0 Å². The summed E-state index contributed by atoms with van der Waals surface area (Å²) in [5, 5.41) is 9.87. The second-order valence-corrected chi connectivity index (χ2v) is 11.4. The molecule has 2 aromatic heterocycles. The molecule has 2 aliphatic rings. The molecular weight excluding hydrogens is 531 g/mol. The molecule has 0 amide bonds. The maximum absolute atomic E-state index is 14.1. The second-order valence-electron chi connectivity index (χ2n) is 10.9. The number of nitrogens with zero attached hydrogens (tertiary/aromatic N) is 4. The van der Waals surface area contributed by atoms with E-state index < -0.39 is 5.97 Å². The van der Waals surface area contributed by atoms with Crippen molar-refractivity contribution in [3.8, 4) is 5.88 Å². The fourth-order valence-electron chi connectivity index (χ4n) is 5.68. The third-order valence-electron chi connectivity index (χ3n) is 8.25. The van der Waals surface area contributed by atoms with E-state index >= 15 is 0 Å². The van der Waals surface area contributed by atoms with Gasteiger partial charge in [-0.3, -0.25) is 4.90 Å². The third kappa shape index (κ3) is 5.83. The van der Waals surface area contributed by atoms with E-state index in [1.165, 1.54) is 25.3 Å². The quantitative estimate of drug-likeness (QED) is 0.245. The van der Waals surface area contributed by atoms with Crippen molar-refractivity contribution in [2.24, 2.45) is 5.92 Å². The Labute approximate surface area is 237 Å². The molecule has 4 aromatic rings. The van der Waals surface area contributed by atoms with Gasteiger partial charge in [0.2, 0.25) is 5.88 Å². The standard InChI is InChI=1S/C31H32ClFN4O3/c32-24-9-7-23(25(33)16-24)19-40-30-6-2-5-26(35-30)21-11-13-36(14-12-21)18-29-34-27-10-8-22(31(38)39)15-28(27)37(29)17-20-3-1-4-20/h2,5-10,15-16,20-21H,1,3-4,11-14,17-19H2,(H,38,39). The molecule has 1 N–H and O–H groups in total. The predicted molar refractivity (Wildman–Crippen MR) is 151 cm³/mol. The monoisotopic (exact) mass is 562 g/mol. The van der Waals surface area contributed by atoms with Crippen LogP contribution in [0.2, 0.25) is 5.02 Å². The number of carboxylic acids is 1. The number of imidazole rings is 1. The summed E-state index contributed by atoms with van der Waals surface area (Å²) in [6, 6.07) is 15.6. The molecule has 9 heteroatoms. The van der Waals surface area contributed by atoms with Gasteiger partial charge in [0.15, 0.2) is 0 Å². The van der Waals surface area contributed by atoms with Gasteiger partial charge in [-0.05, 0) is 81.1 Å². The molecule has 40 heavy (non-hydrogen) atoms. The third-order valence-corrected chi connectivity index (χ3v) is 8.48. The molecular formula is C31H32ClFN4O3. The molecule has 0 bridgehead atoms. The van der Waals surface area contributed by atoms with Gasteiger partial charge in [0.05, 0.1) is 23.1 Å². The van der Waals surface area contributed by atoms with Crippen LogP contribution in [0.3, 0.4) is 0 Å². The predicted octanol–water partition coefficient (Wildman–Crippen LogP) is 6.68. The van der Waals surface area contributed by atoms with Gasteiger partial charge in [0.25, 0.3) is 0 Å². The molecule has 0 radical (unpaired) electrons. The Hall–Kier alpha value is -3.49. The zero-order chi connectivity index (χ0) is 27.6. The van der Waals surface area contributed by atoms with Crippen LogP contribution in [0.4, 0.5) is 4.39 Å². The lowest BCUT2D eigenvalue weighted by atomic mass is 9.85. The van der Waals surface area contributed by atoms with Crippen LogP contribution < -0.4 is 4.74 Å². The number of fused-ring (bicyclic) bond motifs is 1. The van der Waals surface area contributed by atoms with Crippen molar-refractivity contribution in [2.75, 3.05) is 13.1 Å². The summed E-state index contributed by atoms with van der Waals surface area (Å²) >= 11 is 5.85. The number of halogens is 2. The van der Waals surface area contributed by atoms with E-state index in [9.17, 15) is 14.3 Å². The van der Waals surface area contributed by atoms with Gasteiger partial charge in [-0.25, -0.2) is 19.2 Å². The molecule has 0 unspecified atom stereocenters. The van der Waals surface area contributed by atoms with Crippen LogP contribution >= 0.6 is 11.6 Å². The Balaban J connectivity index is 1.11. The Morgan fingerprint density at radius 1 is 1.05 bits per heavy atom. The highest BCUT2D eigenvalue weighted by Gasteiger charge is 2.26. The minimum Gasteiger partial charge on any atom is -0.478 e. The van der Waals surface area contributed by atoms with E-state index in [-0.39, 0.29) is 12.4 Å². The number of hydrogen-bond acceptors (Lipinski definition) is 5. The summed E-state index contributed by atoms with van der Waals surface area (Å²) in [7, 11) is 0. The van der Waals surface area contributed by atoms with E-state index in [0.29, 0.717) is 33.9 Å². The van der Waals surface area contributed by atoms with E-state index in [2.05, 4.69) is 9.47 Å². The summed E-state index contributed by atoms with van der Waals surface area (Å²) in [5.41, 5.74) is 3.50. The van der Waals surface area contributed by atoms with E-state index in [1.807, 2.05) is 18.2 Å². The van der Waals surface area contributed by atoms with Crippen molar-refractivity contribution in [3.63, 3.8) is 0 Å². The Morgan fingerprint density at radius 3 is 2.60 bits per heavy atom. The fraction of sp³-hybridized carbons (Fsp3) is 0.387. The molecule has 0 spiro atoms. The highest BCUT2D eigenvalue weighted by Crippen LogP contribution is 2.32. The topological polar surface area (TPSA) is 80.5 Å². The Morgan fingerprint density at radius 2 is 1.88 bits per heavy atom. The van der Waals surface area contributed by atoms with Gasteiger partial charge in [-0.15, -0.1) is 0 Å². The normalized spacial score (nSPS) is 16.8. The molecule has 1 saturated heterocycles. The van der Waals surface area contributed by atoms with E-state index in [4.69, 9.17) is 26.3 Å². The first-order valence-corrected chi connectivity index (χ1v) is 14.3. The van der Waals surface area contributed by atoms with Crippen LogP contribution in [0.1, 0.15) is 65.5 Å². The van der Waals surface area contributed by atoms with E-state index in [0.717, 1.165) is 61.6 Å². The highest BCUT2D eigenvalue weighted by atomic mass is 35.5. The zero-order valence-electron chi connectivity index (χ0n) is 22.2. The fourth-order valence-corrected chi connectivity index (χ4v) is 5.84. The minimum atomic E-state index is -0.915. The van der Waals surface area contributed by atoms with Crippen molar-refractivity contribution in [1.82, 2.24) is 19.4 Å². The number of carboxylic acid groups (broad SMARTS) is 1. The average molecular weight is 563 g/mol. The van der Waals surface area contributed by atoms with Gasteiger partial charge < -0.3 is 14.4 Å². The van der Waals surface area contributed by atoms with Crippen LogP contribution in [-0.2, 0) is 19.7 Å². The van der Waals surface area contributed by atoms with Gasteiger partial charge in [0.1, 0.15) is 18.2 Å². The van der Waals surface area contributed by atoms with Crippen LogP contribution in [0, 0.1) is 11.7 Å². The lowest BCUT2D eigenvalue weighted by Gasteiger charge is -2.32. The molecule has 7 nitrogen and oxygen atoms in total. The summed E-state index contributed by atoms with van der Waals surface area (Å²) in [5.74, 6) is 1.14. The van der Waals surface area contributed by atoms with Crippen molar-refractivity contribution < 1.29 is 19.0 Å². The molecule has 2 aromatic carbocycles. The lowest BCUT2D eigenvalue weighted by molar-refractivity contribution is 0.0697. The first-order valence-electron chi connectivity index (χ1n) is 13.9. The second kappa shape index (κ2) is 11.6. The molecule has 3 heterocycles. The smallest absolute Gasteiger partial charge is 0.335 e. The number of hydrogen-bond donors (Lipinski definition) is 1. The maximum Gasteiger partial charge on any atom is 0.335 e. The number of benzene rings is 2. The van der Waals surface area contributed by atoms with Crippen LogP contribution in [-0.4, -0.2) is 43.6 Å². The number of pyridine rings is 1. The van der Waals surface area contributed by atoms with Crippen molar-refractivity contribution >= 4 is 28.6 Å². The maximum atomic E-state index is 14.1. The molecule has 1 aliphatic carbocycles. The van der Waals surface area contributed by atoms with Gasteiger partial charge in [-0.1, -0.05) is 30.2 Å². The van der Waals surface area contributed by atoms with Crippen LogP contribution in [0.5, 0.6) is 5.88 Å². The molecule has 0 atom stereocenters. The zero-order valence-corrected chi connectivity index (χ0v) is 23.0. The largest absolute Gasteiger partial charge is 0.478 e. The average Bonchev–Trinajstić information content (AvgIpc) is 3.26. The summed E-state index contributed by atoms with van der Waals surface area (Å²) < 4.78 is 22.2. The number of carbonyl (C=O) groups is 1. The van der Waals surface area contributed by atoms with Gasteiger partial charge >= 0.3 is 5.97 Å².